The van der Waals surface area contributed by atoms with Crippen molar-refractivity contribution in [3.05, 3.63) is 28.1 Å². The van der Waals surface area contributed by atoms with Gasteiger partial charge in [-0.05, 0) is 12.1 Å². The predicted octanol–water partition coefficient (Wildman–Crippen LogP) is 3.01. The largest absolute Gasteiger partial charge is 0.477 e. The molecule has 0 radical (unpaired) electrons. The average Bonchev–Trinajstić information content (AvgIpc) is 2.58. The minimum Gasteiger partial charge on any atom is -0.477 e. The summed E-state index contributed by atoms with van der Waals surface area (Å²) in [5, 5.41) is 10.6. The Labute approximate surface area is 91.2 Å². The number of rotatable bonds is 1. The topological polar surface area (TPSA) is 50.2 Å². The predicted molar refractivity (Wildman–Crippen MR) is 51.6 cm³/mol. The fraction of sp³-hybridized carbons (Fsp3) is 0.111. The van der Waals surface area contributed by atoms with Crippen LogP contribution in [-0.2, 0) is 6.18 Å². The number of nitrogens with zero attached hydrogens (tertiary/aromatic N) is 1. The van der Waals surface area contributed by atoms with Gasteiger partial charge in [0.05, 0.1) is 5.52 Å². The van der Waals surface area contributed by atoms with E-state index in [1.165, 1.54) is 11.4 Å². The fourth-order valence-electron chi connectivity index (χ4n) is 1.23. The maximum atomic E-state index is 12.3. The smallest absolute Gasteiger partial charge is 0.433 e. The molecular formula is C9H4F3NO2S. The zero-order valence-electron chi connectivity index (χ0n) is 7.58. The number of thiophene rings is 1. The van der Waals surface area contributed by atoms with Crippen LogP contribution in [0.5, 0.6) is 0 Å². The van der Waals surface area contributed by atoms with Crippen LogP contribution in [0.3, 0.4) is 0 Å². The Morgan fingerprint density at radius 3 is 2.62 bits per heavy atom. The number of aromatic nitrogens is 1. The summed E-state index contributed by atoms with van der Waals surface area (Å²) in [5.74, 6) is -1.27. The molecule has 0 fully saturated rings. The third-order valence-corrected chi connectivity index (χ3v) is 2.91. The molecule has 16 heavy (non-hydrogen) atoms. The van der Waals surface area contributed by atoms with Gasteiger partial charge in [-0.25, -0.2) is 9.78 Å². The van der Waals surface area contributed by atoms with Crippen molar-refractivity contribution in [1.29, 1.82) is 0 Å². The lowest BCUT2D eigenvalue weighted by Crippen LogP contribution is -2.08. The molecule has 2 aromatic heterocycles. The highest BCUT2D eigenvalue weighted by molar-refractivity contribution is 7.13. The summed E-state index contributed by atoms with van der Waals surface area (Å²) in [7, 11) is 0. The van der Waals surface area contributed by atoms with Gasteiger partial charge in [0.2, 0.25) is 0 Å². The lowest BCUT2D eigenvalue weighted by Gasteiger charge is -2.04. The number of fused-ring (bicyclic) bond motifs is 1. The molecule has 2 heterocycles. The third-order valence-electron chi connectivity index (χ3n) is 1.93. The summed E-state index contributed by atoms with van der Waals surface area (Å²) in [6, 6.07) is 2.05. The lowest BCUT2D eigenvalue weighted by molar-refractivity contribution is -0.140. The van der Waals surface area contributed by atoms with E-state index in [1.54, 1.807) is 0 Å². The van der Waals surface area contributed by atoms with Crippen LogP contribution in [0.15, 0.2) is 17.5 Å². The molecule has 0 aliphatic heterocycles. The van der Waals surface area contributed by atoms with E-state index >= 15 is 0 Å². The molecule has 0 aliphatic rings. The molecule has 0 bridgehead atoms. The molecule has 0 atom stereocenters. The number of hydrogen-bond donors (Lipinski definition) is 1. The van der Waals surface area contributed by atoms with Crippen molar-refractivity contribution in [2.75, 3.05) is 0 Å². The van der Waals surface area contributed by atoms with Crippen LogP contribution >= 0.6 is 11.3 Å². The minimum atomic E-state index is -4.56. The molecule has 0 amide bonds. The maximum Gasteiger partial charge on any atom is 0.433 e. The van der Waals surface area contributed by atoms with Gasteiger partial charge in [-0.2, -0.15) is 13.2 Å². The van der Waals surface area contributed by atoms with E-state index in [-0.39, 0.29) is 10.4 Å². The maximum absolute atomic E-state index is 12.3. The van der Waals surface area contributed by atoms with Gasteiger partial charge >= 0.3 is 12.1 Å². The van der Waals surface area contributed by atoms with Gasteiger partial charge < -0.3 is 5.11 Å². The highest BCUT2D eigenvalue weighted by Gasteiger charge is 2.33. The monoisotopic (exact) mass is 247 g/mol. The van der Waals surface area contributed by atoms with Crippen molar-refractivity contribution in [3.63, 3.8) is 0 Å². The summed E-state index contributed by atoms with van der Waals surface area (Å²) in [4.78, 5) is 13.9. The second kappa shape index (κ2) is 3.44. The van der Waals surface area contributed by atoms with Crippen LogP contribution in [-0.4, -0.2) is 16.1 Å². The summed E-state index contributed by atoms with van der Waals surface area (Å²) in [6.07, 6.45) is -4.56. The first-order valence-corrected chi connectivity index (χ1v) is 4.96. The molecule has 0 spiro atoms. The van der Waals surface area contributed by atoms with Gasteiger partial charge in [-0.1, -0.05) is 0 Å². The number of halogens is 3. The summed E-state index contributed by atoms with van der Waals surface area (Å²) in [6.45, 7) is 0. The van der Waals surface area contributed by atoms with Crippen LogP contribution < -0.4 is 0 Å². The molecule has 0 saturated heterocycles. The van der Waals surface area contributed by atoms with Crippen molar-refractivity contribution >= 4 is 28.2 Å². The Morgan fingerprint density at radius 2 is 2.06 bits per heavy atom. The van der Waals surface area contributed by atoms with Crippen molar-refractivity contribution in [1.82, 2.24) is 4.98 Å². The molecule has 2 aromatic rings. The Kier molecular flexibility index (Phi) is 2.34. The van der Waals surface area contributed by atoms with E-state index in [1.807, 2.05) is 0 Å². The first kappa shape index (κ1) is 10.9. The van der Waals surface area contributed by atoms with Crippen LogP contribution in [0, 0.1) is 0 Å². The van der Waals surface area contributed by atoms with Crippen LogP contribution in [0.25, 0.3) is 10.9 Å². The number of carboxylic acid groups (broad SMARTS) is 1. The number of pyridine rings is 1. The van der Waals surface area contributed by atoms with Crippen molar-refractivity contribution in [3.8, 4) is 0 Å². The standard InChI is InChI=1S/C9H4F3NO2S/c10-9(11,12)5-2-1-4-3-16-7(8(14)15)6(4)13-5/h1-3H,(H,14,15). The molecule has 0 aliphatic carbocycles. The zero-order chi connectivity index (χ0) is 11.9. The van der Waals surface area contributed by atoms with Crippen LogP contribution in [0.4, 0.5) is 13.2 Å². The second-order valence-corrected chi connectivity index (χ2v) is 3.88. The normalized spacial score (nSPS) is 11.9. The van der Waals surface area contributed by atoms with Crippen LogP contribution in [0.2, 0.25) is 0 Å². The van der Waals surface area contributed by atoms with E-state index in [0.717, 1.165) is 17.4 Å². The second-order valence-electron chi connectivity index (χ2n) is 3.00. The summed E-state index contributed by atoms with van der Waals surface area (Å²) in [5.41, 5.74) is -1.20. The van der Waals surface area contributed by atoms with Gasteiger partial charge in [0.1, 0.15) is 10.6 Å². The molecule has 1 N–H and O–H groups in total. The Balaban J connectivity index is 2.68. The van der Waals surface area contributed by atoms with E-state index in [9.17, 15) is 18.0 Å². The molecule has 0 aromatic carbocycles. The Bertz CT molecular complexity index is 561. The molecule has 7 heteroatoms. The molecule has 84 valence electrons. The number of carboxylic acids is 1. The van der Waals surface area contributed by atoms with Crippen LogP contribution in [0.1, 0.15) is 15.4 Å². The highest BCUT2D eigenvalue weighted by atomic mass is 32.1. The van der Waals surface area contributed by atoms with Gasteiger partial charge in [0.25, 0.3) is 0 Å². The van der Waals surface area contributed by atoms with Gasteiger partial charge in [0.15, 0.2) is 0 Å². The van der Waals surface area contributed by atoms with Crippen molar-refractivity contribution in [2.24, 2.45) is 0 Å². The highest BCUT2D eigenvalue weighted by Crippen LogP contribution is 2.31. The fourth-order valence-corrected chi connectivity index (χ4v) is 2.05. The summed E-state index contributed by atoms with van der Waals surface area (Å²) < 4.78 is 37.0. The number of alkyl halides is 3. The molecule has 3 nitrogen and oxygen atoms in total. The van der Waals surface area contributed by atoms with E-state index < -0.39 is 17.8 Å². The number of aromatic carboxylic acids is 1. The lowest BCUT2D eigenvalue weighted by atomic mass is 10.2. The van der Waals surface area contributed by atoms with E-state index in [2.05, 4.69) is 4.98 Å². The molecular weight excluding hydrogens is 243 g/mol. The molecule has 0 saturated carbocycles. The Hall–Kier alpha value is -1.63. The average molecular weight is 247 g/mol. The first-order chi connectivity index (χ1) is 7.39. The van der Waals surface area contributed by atoms with Crippen molar-refractivity contribution < 1.29 is 23.1 Å². The minimum absolute atomic E-state index is 0.118. The van der Waals surface area contributed by atoms with Gasteiger partial charge in [-0.15, -0.1) is 11.3 Å². The van der Waals surface area contributed by atoms with E-state index in [4.69, 9.17) is 5.11 Å². The Morgan fingerprint density at radius 1 is 1.38 bits per heavy atom. The molecule has 0 unspecified atom stereocenters. The van der Waals surface area contributed by atoms with Gasteiger partial charge in [0, 0.05) is 10.8 Å². The number of hydrogen-bond acceptors (Lipinski definition) is 3. The summed E-state index contributed by atoms with van der Waals surface area (Å²) >= 11 is 0.861. The number of carbonyl (C=O) groups is 1. The van der Waals surface area contributed by atoms with E-state index in [0.29, 0.717) is 5.39 Å². The van der Waals surface area contributed by atoms with Crippen molar-refractivity contribution in [2.45, 2.75) is 6.18 Å². The zero-order valence-corrected chi connectivity index (χ0v) is 8.39. The third kappa shape index (κ3) is 1.73. The first-order valence-electron chi connectivity index (χ1n) is 4.08. The quantitative estimate of drug-likeness (QED) is 0.842. The molecule has 2 rings (SSSR count). The SMILES string of the molecule is O=C(O)c1scc2ccc(C(F)(F)F)nc12. The van der Waals surface area contributed by atoms with Gasteiger partial charge in [-0.3, -0.25) is 0 Å².